The normalized spacial score (nSPS) is 20.9. The standard InChI is InChI=1S/C25H28N4O6/c1-17(30)26-14-23-21-16-33-22-13-19(7-8-20(22)29(21)25(32)35-23)27-9-11-28(12-10-27)24(31)34-15-18-5-3-2-4-6-18/h2-8,13,21,23H,9-12,14-16H2,1H3,(H,26,30)/t21-,23-/m0/s1. The van der Waals surface area contributed by atoms with Crippen LogP contribution in [0.1, 0.15) is 12.5 Å². The molecule has 0 aromatic heterocycles. The van der Waals surface area contributed by atoms with Gasteiger partial charge < -0.3 is 29.3 Å². The molecule has 35 heavy (non-hydrogen) atoms. The first kappa shape index (κ1) is 22.8. The lowest BCUT2D eigenvalue weighted by Crippen LogP contribution is -2.49. The highest BCUT2D eigenvalue weighted by molar-refractivity contribution is 5.94. The smallest absolute Gasteiger partial charge is 0.415 e. The molecular formula is C25H28N4O6. The molecule has 2 aromatic rings. The molecule has 184 valence electrons. The van der Waals surface area contributed by atoms with Crippen LogP contribution in [0.5, 0.6) is 5.75 Å². The zero-order valence-corrected chi connectivity index (χ0v) is 19.5. The van der Waals surface area contributed by atoms with Gasteiger partial charge in [0.1, 0.15) is 31.1 Å². The van der Waals surface area contributed by atoms with Gasteiger partial charge in [-0.3, -0.25) is 9.69 Å². The van der Waals surface area contributed by atoms with E-state index in [0.29, 0.717) is 37.6 Å². The highest BCUT2D eigenvalue weighted by Crippen LogP contribution is 2.41. The first-order valence-corrected chi connectivity index (χ1v) is 11.7. The van der Waals surface area contributed by atoms with Gasteiger partial charge in [-0.2, -0.15) is 0 Å². The van der Waals surface area contributed by atoms with E-state index in [9.17, 15) is 14.4 Å². The van der Waals surface area contributed by atoms with Gasteiger partial charge in [0.05, 0.1) is 12.2 Å². The predicted molar refractivity (Wildman–Crippen MR) is 128 cm³/mol. The third-order valence-corrected chi connectivity index (χ3v) is 6.48. The maximum atomic E-state index is 12.5. The third-order valence-electron chi connectivity index (χ3n) is 6.48. The second-order valence-electron chi connectivity index (χ2n) is 8.77. The van der Waals surface area contributed by atoms with E-state index in [-0.39, 0.29) is 37.8 Å². The van der Waals surface area contributed by atoms with Gasteiger partial charge in [-0.05, 0) is 17.7 Å². The summed E-state index contributed by atoms with van der Waals surface area (Å²) in [4.78, 5) is 41.7. The summed E-state index contributed by atoms with van der Waals surface area (Å²) in [6, 6.07) is 15.1. The SMILES string of the molecule is CC(=O)NC[C@@H]1OC(=O)N2c3ccc(N4CCN(C(=O)OCc5ccccc5)CC4)cc3OC[C@@H]12. The first-order valence-electron chi connectivity index (χ1n) is 11.7. The molecule has 0 bridgehead atoms. The Morgan fingerprint density at radius 2 is 1.86 bits per heavy atom. The Morgan fingerprint density at radius 3 is 2.60 bits per heavy atom. The molecule has 5 rings (SSSR count). The Hall–Kier alpha value is -3.95. The highest BCUT2D eigenvalue weighted by atomic mass is 16.6. The number of ether oxygens (including phenoxy) is 3. The van der Waals surface area contributed by atoms with Crippen molar-refractivity contribution < 1.29 is 28.6 Å². The fourth-order valence-electron chi connectivity index (χ4n) is 4.59. The molecule has 3 heterocycles. The number of carbonyl (C=O) groups excluding carboxylic acids is 3. The lowest BCUT2D eigenvalue weighted by atomic mass is 10.1. The van der Waals surface area contributed by atoms with Crippen molar-refractivity contribution in [3.63, 3.8) is 0 Å². The second-order valence-corrected chi connectivity index (χ2v) is 8.77. The van der Waals surface area contributed by atoms with Crippen molar-refractivity contribution in [2.45, 2.75) is 25.7 Å². The molecule has 1 N–H and O–H groups in total. The number of amides is 3. The molecule has 0 aliphatic carbocycles. The summed E-state index contributed by atoms with van der Waals surface area (Å²) in [5, 5.41) is 2.70. The van der Waals surface area contributed by atoms with Crippen LogP contribution in [0.15, 0.2) is 48.5 Å². The van der Waals surface area contributed by atoms with E-state index >= 15 is 0 Å². The van der Waals surface area contributed by atoms with Gasteiger partial charge in [0.2, 0.25) is 5.91 Å². The summed E-state index contributed by atoms with van der Waals surface area (Å²) in [6.07, 6.45) is -1.21. The van der Waals surface area contributed by atoms with Crippen molar-refractivity contribution in [3.05, 3.63) is 54.1 Å². The summed E-state index contributed by atoms with van der Waals surface area (Å²) >= 11 is 0. The lowest BCUT2D eigenvalue weighted by molar-refractivity contribution is -0.119. The fourth-order valence-corrected chi connectivity index (χ4v) is 4.59. The number of anilines is 2. The van der Waals surface area contributed by atoms with Gasteiger partial charge in [-0.25, -0.2) is 9.59 Å². The van der Waals surface area contributed by atoms with Crippen LogP contribution in [-0.4, -0.2) is 74.5 Å². The van der Waals surface area contributed by atoms with E-state index in [1.807, 2.05) is 48.5 Å². The number of benzene rings is 2. The number of nitrogens with one attached hydrogen (secondary N) is 1. The topological polar surface area (TPSA) is 101 Å². The Labute approximate surface area is 203 Å². The van der Waals surface area contributed by atoms with Crippen LogP contribution in [0.4, 0.5) is 21.0 Å². The van der Waals surface area contributed by atoms with E-state index in [2.05, 4.69) is 10.2 Å². The fraction of sp³-hybridized carbons (Fsp3) is 0.400. The van der Waals surface area contributed by atoms with E-state index in [0.717, 1.165) is 11.3 Å². The summed E-state index contributed by atoms with van der Waals surface area (Å²) in [5.41, 5.74) is 2.57. The number of piperazine rings is 1. The minimum atomic E-state index is -0.464. The maximum Gasteiger partial charge on any atom is 0.415 e. The summed E-state index contributed by atoms with van der Waals surface area (Å²) in [5.74, 6) is 0.436. The largest absolute Gasteiger partial charge is 0.489 e. The Kier molecular flexibility index (Phi) is 6.35. The quantitative estimate of drug-likeness (QED) is 0.701. The number of carbonyl (C=O) groups is 3. The maximum absolute atomic E-state index is 12.5. The zero-order valence-electron chi connectivity index (χ0n) is 19.5. The predicted octanol–water partition coefficient (Wildman–Crippen LogP) is 2.37. The Balaban J connectivity index is 1.18. The summed E-state index contributed by atoms with van der Waals surface area (Å²) in [7, 11) is 0. The van der Waals surface area contributed by atoms with Crippen LogP contribution < -0.4 is 19.9 Å². The molecule has 0 spiro atoms. The Morgan fingerprint density at radius 1 is 1.09 bits per heavy atom. The van der Waals surface area contributed by atoms with Gasteiger partial charge in [0, 0.05) is 44.9 Å². The third kappa shape index (κ3) is 4.82. The number of cyclic esters (lactones) is 1. The molecular weight excluding hydrogens is 452 g/mol. The van der Waals surface area contributed by atoms with Gasteiger partial charge in [0.25, 0.3) is 0 Å². The molecule has 2 atom stereocenters. The van der Waals surface area contributed by atoms with Crippen LogP contribution in [-0.2, 0) is 20.9 Å². The number of hydrogen-bond acceptors (Lipinski definition) is 7. The second kappa shape index (κ2) is 9.73. The molecule has 3 amide bonds. The average Bonchev–Trinajstić information content (AvgIpc) is 3.22. The lowest BCUT2D eigenvalue weighted by Gasteiger charge is -2.36. The number of hydrogen-bond donors (Lipinski definition) is 1. The van der Waals surface area contributed by atoms with Crippen molar-refractivity contribution in [2.24, 2.45) is 0 Å². The molecule has 0 saturated carbocycles. The van der Waals surface area contributed by atoms with Crippen molar-refractivity contribution in [3.8, 4) is 5.75 Å². The van der Waals surface area contributed by atoms with Gasteiger partial charge in [0.15, 0.2) is 0 Å². The van der Waals surface area contributed by atoms with E-state index < -0.39 is 12.2 Å². The van der Waals surface area contributed by atoms with Gasteiger partial charge in [-0.15, -0.1) is 0 Å². The van der Waals surface area contributed by atoms with E-state index in [1.165, 1.54) is 6.92 Å². The van der Waals surface area contributed by atoms with Gasteiger partial charge >= 0.3 is 12.2 Å². The zero-order chi connectivity index (χ0) is 24.4. The first-order chi connectivity index (χ1) is 17.0. The van der Waals surface area contributed by atoms with Crippen molar-refractivity contribution in [1.82, 2.24) is 10.2 Å². The van der Waals surface area contributed by atoms with E-state index in [4.69, 9.17) is 14.2 Å². The minimum Gasteiger partial charge on any atom is -0.489 e. The summed E-state index contributed by atoms with van der Waals surface area (Å²) < 4.78 is 16.9. The number of rotatable bonds is 5. The number of nitrogens with zero attached hydrogens (tertiary/aromatic N) is 3. The van der Waals surface area contributed by atoms with Crippen LogP contribution in [0, 0.1) is 0 Å². The summed E-state index contributed by atoms with van der Waals surface area (Å²) in [6.45, 7) is 4.64. The van der Waals surface area contributed by atoms with Gasteiger partial charge in [-0.1, -0.05) is 30.3 Å². The van der Waals surface area contributed by atoms with Crippen molar-refractivity contribution >= 4 is 29.5 Å². The average molecular weight is 481 g/mol. The number of fused-ring (bicyclic) bond motifs is 3. The molecule has 3 aliphatic rings. The Bertz CT molecular complexity index is 1100. The molecule has 10 heteroatoms. The molecule has 2 saturated heterocycles. The molecule has 2 fully saturated rings. The molecule has 3 aliphatic heterocycles. The minimum absolute atomic E-state index is 0.175. The molecule has 10 nitrogen and oxygen atoms in total. The van der Waals surface area contributed by atoms with E-state index in [1.54, 1.807) is 9.80 Å². The molecule has 2 aromatic carbocycles. The van der Waals surface area contributed by atoms with Crippen molar-refractivity contribution in [1.29, 1.82) is 0 Å². The van der Waals surface area contributed by atoms with Crippen LogP contribution in [0.3, 0.4) is 0 Å². The van der Waals surface area contributed by atoms with Crippen molar-refractivity contribution in [2.75, 3.05) is 49.1 Å². The monoisotopic (exact) mass is 480 g/mol. The van der Waals surface area contributed by atoms with Crippen LogP contribution >= 0.6 is 0 Å². The highest BCUT2D eigenvalue weighted by Gasteiger charge is 2.46. The van der Waals surface area contributed by atoms with Crippen LogP contribution in [0.2, 0.25) is 0 Å². The molecule has 0 unspecified atom stereocenters. The van der Waals surface area contributed by atoms with Crippen LogP contribution in [0.25, 0.3) is 0 Å². The molecule has 0 radical (unpaired) electrons.